The molecule has 5 nitrogen and oxygen atoms in total. The number of rotatable bonds is 5. The van der Waals surface area contributed by atoms with Crippen molar-refractivity contribution in [2.45, 2.75) is 19.9 Å². The Morgan fingerprint density at radius 1 is 1.07 bits per heavy atom. The lowest BCUT2D eigenvalue weighted by Crippen LogP contribution is -2.26. The number of hydrogen-bond acceptors (Lipinski definition) is 4. The Kier molecular flexibility index (Phi) is 4.79. The molecule has 4 aromatic rings. The standard InChI is InChI=1S/C22H18N2O3S/c1-14-7-9-16(10-8-14)12-24-18(11-15-5-3-2-4-6-15)23-20-19(21(24)25)17(13-28-20)22(26)27/h2-10,13H,11-12H2,1H3,(H,26,27). The normalized spacial score (nSPS) is 11.0. The maximum atomic E-state index is 13.3. The lowest BCUT2D eigenvalue weighted by Gasteiger charge is -2.13. The number of hydrogen-bond donors (Lipinski definition) is 1. The Morgan fingerprint density at radius 2 is 1.79 bits per heavy atom. The summed E-state index contributed by atoms with van der Waals surface area (Å²) in [5.41, 5.74) is 2.86. The molecule has 1 N–H and O–H groups in total. The molecule has 0 amide bonds. The number of aromatic carboxylic acids is 1. The quantitative estimate of drug-likeness (QED) is 0.557. The van der Waals surface area contributed by atoms with Crippen LogP contribution in [0, 0.1) is 6.92 Å². The summed E-state index contributed by atoms with van der Waals surface area (Å²) in [7, 11) is 0. The van der Waals surface area contributed by atoms with Crippen molar-refractivity contribution in [2.75, 3.05) is 0 Å². The molecule has 2 heterocycles. The zero-order valence-corrected chi connectivity index (χ0v) is 16.1. The Bertz CT molecular complexity index is 1210. The molecule has 0 spiro atoms. The number of aryl methyl sites for hydroxylation is 1. The Balaban J connectivity index is 1.89. The molecular weight excluding hydrogens is 372 g/mol. The fraction of sp³-hybridized carbons (Fsp3) is 0.136. The lowest BCUT2D eigenvalue weighted by molar-refractivity contribution is 0.0699. The summed E-state index contributed by atoms with van der Waals surface area (Å²) in [5.74, 6) is -0.481. The molecule has 0 fully saturated rings. The van der Waals surface area contributed by atoms with E-state index < -0.39 is 5.97 Å². The van der Waals surface area contributed by atoms with Crippen molar-refractivity contribution in [3.8, 4) is 0 Å². The van der Waals surface area contributed by atoms with Crippen LogP contribution in [0.15, 0.2) is 64.8 Å². The number of carbonyl (C=O) groups is 1. The van der Waals surface area contributed by atoms with Gasteiger partial charge in [0.05, 0.1) is 17.5 Å². The van der Waals surface area contributed by atoms with Gasteiger partial charge in [0.2, 0.25) is 0 Å². The van der Waals surface area contributed by atoms with Gasteiger partial charge in [-0.1, -0.05) is 60.2 Å². The SMILES string of the molecule is Cc1ccc(Cn2c(Cc3ccccc3)nc3scc(C(=O)O)c3c2=O)cc1. The van der Waals surface area contributed by atoms with E-state index in [1.807, 2.05) is 61.5 Å². The Hall–Kier alpha value is -3.25. The van der Waals surface area contributed by atoms with E-state index in [2.05, 4.69) is 4.98 Å². The van der Waals surface area contributed by atoms with E-state index in [1.54, 1.807) is 4.57 Å². The van der Waals surface area contributed by atoms with E-state index in [9.17, 15) is 14.7 Å². The van der Waals surface area contributed by atoms with Gasteiger partial charge in [0.15, 0.2) is 0 Å². The highest BCUT2D eigenvalue weighted by Gasteiger charge is 2.20. The summed E-state index contributed by atoms with van der Waals surface area (Å²) >= 11 is 1.19. The number of benzene rings is 2. The van der Waals surface area contributed by atoms with E-state index >= 15 is 0 Å². The minimum Gasteiger partial charge on any atom is -0.478 e. The summed E-state index contributed by atoms with van der Waals surface area (Å²) in [6, 6.07) is 17.8. The van der Waals surface area contributed by atoms with Crippen molar-refractivity contribution in [3.05, 3.63) is 98.4 Å². The first-order valence-corrected chi connectivity index (χ1v) is 9.74. The molecular formula is C22H18N2O3S. The highest BCUT2D eigenvalue weighted by atomic mass is 32.1. The molecule has 0 aliphatic heterocycles. The summed E-state index contributed by atoms with van der Waals surface area (Å²) in [5, 5.41) is 11.1. The largest absolute Gasteiger partial charge is 0.478 e. The summed E-state index contributed by atoms with van der Waals surface area (Å²) < 4.78 is 1.60. The highest BCUT2D eigenvalue weighted by molar-refractivity contribution is 7.17. The minimum absolute atomic E-state index is 0.0152. The van der Waals surface area contributed by atoms with Gasteiger partial charge in [-0.05, 0) is 18.1 Å². The van der Waals surface area contributed by atoms with Crippen molar-refractivity contribution in [2.24, 2.45) is 0 Å². The first-order valence-electron chi connectivity index (χ1n) is 8.86. The highest BCUT2D eigenvalue weighted by Crippen LogP contribution is 2.23. The van der Waals surface area contributed by atoms with Crippen LogP contribution < -0.4 is 5.56 Å². The summed E-state index contributed by atoms with van der Waals surface area (Å²) in [4.78, 5) is 29.9. The smallest absolute Gasteiger partial charge is 0.337 e. The first kappa shape index (κ1) is 18.1. The molecule has 0 saturated carbocycles. The van der Waals surface area contributed by atoms with Crippen LogP contribution in [0.1, 0.15) is 32.9 Å². The topological polar surface area (TPSA) is 72.2 Å². The monoisotopic (exact) mass is 390 g/mol. The molecule has 2 aromatic carbocycles. The number of nitrogens with zero attached hydrogens (tertiary/aromatic N) is 2. The van der Waals surface area contributed by atoms with E-state index in [4.69, 9.17) is 0 Å². The molecule has 6 heteroatoms. The summed E-state index contributed by atoms with van der Waals surface area (Å²) in [6.07, 6.45) is 0.498. The maximum Gasteiger partial charge on any atom is 0.337 e. The maximum absolute atomic E-state index is 13.3. The van der Waals surface area contributed by atoms with Crippen molar-refractivity contribution < 1.29 is 9.90 Å². The van der Waals surface area contributed by atoms with Crippen molar-refractivity contribution in [1.29, 1.82) is 0 Å². The van der Waals surface area contributed by atoms with Crippen LogP contribution in [-0.2, 0) is 13.0 Å². The molecule has 2 aromatic heterocycles. The third kappa shape index (κ3) is 3.46. The van der Waals surface area contributed by atoms with Crippen LogP contribution >= 0.6 is 11.3 Å². The number of fused-ring (bicyclic) bond motifs is 1. The third-order valence-electron chi connectivity index (χ3n) is 4.67. The summed E-state index contributed by atoms with van der Waals surface area (Å²) in [6.45, 7) is 2.36. The third-order valence-corrected chi connectivity index (χ3v) is 5.54. The van der Waals surface area contributed by atoms with Gasteiger partial charge in [-0.15, -0.1) is 11.3 Å². The van der Waals surface area contributed by atoms with Crippen molar-refractivity contribution in [3.63, 3.8) is 0 Å². The predicted octanol–water partition coefficient (Wildman–Crippen LogP) is 4.10. The van der Waals surface area contributed by atoms with Gasteiger partial charge in [-0.3, -0.25) is 9.36 Å². The van der Waals surface area contributed by atoms with Crippen LogP contribution in [0.25, 0.3) is 10.2 Å². The zero-order valence-electron chi connectivity index (χ0n) is 15.3. The molecule has 0 aliphatic carbocycles. The fourth-order valence-electron chi connectivity index (χ4n) is 3.18. The van der Waals surface area contributed by atoms with Crippen molar-refractivity contribution in [1.82, 2.24) is 9.55 Å². The van der Waals surface area contributed by atoms with Crippen LogP contribution in [0.2, 0.25) is 0 Å². The number of aromatic nitrogens is 2. The number of carboxylic acid groups (broad SMARTS) is 1. The van der Waals surface area contributed by atoms with Crippen molar-refractivity contribution >= 4 is 27.5 Å². The minimum atomic E-state index is -1.11. The first-order chi connectivity index (χ1) is 13.5. The van der Waals surface area contributed by atoms with Gasteiger partial charge >= 0.3 is 5.97 Å². The average molecular weight is 390 g/mol. The van der Waals surface area contributed by atoms with E-state index in [1.165, 1.54) is 16.7 Å². The van der Waals surface area contributed by atoms with Crippen LogP contribution in [0.5, 0.6) is 0 Å². The van der Waals surface area contributed by atoms with Crippen LogP contribution in [-0.4, -0.2) is 20.6 Å². The van der Waals surface area contributed by atoms with Gasteiger partial charge in [0, 0.05) is 11.8 Å². The second-order valence-corrected chi connectivity index (χ2v) is 7.56. The Labute approximate surface area is 165 Å². The van der Waals surface area contributed by atoms with E-state index in [-0.39, 0.29) is 16.5 Å². The van der Waals surface area contributed by atoms with Crippen LogP contribution in [0.4, 0.5) is 0 Å². The molecule has 0 bridgehead atoms. The Morgan fingerprint density at radius 3 is 2.46 bits per heavy atom. The van der Waals surface area contributed by atoms with E-state index in [0.717, 1.165) is 16.7 Å². The van der Waals surface area contributed by atoms with Gasteiger partial charge in [-0.25, -0.2) is 9.78 Å². The molecule has 0 atom stereocenters. The molecule has 140 valence electrons. The molecule has 0 aliphatic rings. The second-order valence-electron chi connectivity index (χ2n) is 6.70. The van der Waals surface area contributed by atoms with Crippen LogP contribution in [0.3, 0.4) is 0 Å². The number of carboxylic acids is 1. The second kappa shape index (κ2) is 7.40. The molecule has 28 heavy (non-hydrogen) atoms. The zero-order chi connectivity index (χ0) is 19.7. The van der Waals surface area contributed by atoms with Gasteiger partial charge in [0.1, 0.15) is 10.7 Å². The molecule has 0 unspecified atom stereocenters. The van der Waals surface area contributed by atoms with Gasteiger partial charge in [-0.2, -0.15) is 0 Å². The lowest BCUT2D eigenvalue weighted by atomic mass is 10.1. The predicted molar refractivity (Wildman–Crippen MR) is 110 cm³/mol. The average Bonchev–Trinajstić information content (AvgIpc) is 3.11. The molecule has 4 rings (SSSR count). The fourth-order valence-corrected chi connectivity index (χ4v) is 4.10. The molecule has 0 saturated heterocycles. The number of thiophene rings is 1. The van der Waals surface area contributed by atoms with Gasteiger partial charge in [0.25, 0.3) is 5.56 Å². The molecule has 0 radical (unpaired) electrons. The van der Waals surface area contributed by atoms with E-state index in [0.29, 0.717) is 23.6 Å². The van der Waals surface area contributed by atoms with Gasteiger partial charge < -0.3 is 5.11 Å².